The first-order valence-electron chi connectivity index (χ1n) is 10.0. The molecule has 9 heteroatoms. The highest BCUT2D eigenvalue weighted by atomic mass is 35.5. The summed E-state index contributed by atoms with van der Waals surface area (Å²) >= 11 is 5.89. The molecule has 5 rings (SSSR count). The molecule has 1 aliphatic heterocycles. The van der Waals surface area contributed by atoms with Gasteiger partial charge >= 0.3 is 0 Å². The summed E-state index contributed by atoms with van der Waals surface area (Å²) in [7, 11) is 0. The molecule has 1 amide bonds. The molecule has 0 bridgehead atoms. The molecular weight excluding hydrogens is 423 g/mol. The Hall–Kier alpha value is -2.84. The van der Waals surface area contributed by atoms with E-state index in [-0.39, 0.29) is 33.4 Å². The SMILES string of the molecule is Cc1cc2c(nc1C)c(=O)c(C(=O)NC1CC3(COC3)C1)nn2-c1ccc(Cl)cc1F. The molecule has 1 aromatic carbocycles. The minimum Gasteiger partial charge on any atom is -0.380 e. The van der Waals surface area contributed by atoms with Gasteiger partial charge < -0.3 is 10.1 Å². The van der Waals surface area contributed by atoms with Crippen molar-refractivity contribution in [1.82, 2.24) is 20.1 Å². The number of nitrogens with zero attached hydrogens (tertiary/aromatic N) is 3. The Morgan fingerprint density at radius 1 is 1.29 bits per heavy atom. The molecule has 1 saturated carbocycles. The summed E-state index contributed by atoms with van der Waals surface area (Å²) in [5.41, 5.74) is 1.19. The predicted molar refractivity (Wildman–Crippen MR) is 113 cm³/mol. The standard InChI is InChI=1S/C22H20ClFN4O3/c1-11-5-17-18(25-12(11)2)20(29)19(21(30)26-14-7-22(8-14)9-31-10-22)27-28(17)16-4-3-13(23)6-15(16)24/h3-6,14H,7-10H2,1-2H3,(H,26,30). The van der Waals surface area contributed by atoms with Crippen LogP contribution in [0.5, 0.6) is 0 Å². The number of halogens is 2. The van der Waals surface area contributed by atoms with Crippen LogP contribution in [0, 0.1) is 25.1 Å². The summed E-state index contributed by atoms with van der Waals surface area (Å²) in [6, 6.07) is 5.81. The Kier molecular flexibility index (Phi) is 4.60. The summed E-state index contributed by atoms with van der Waals surface area (Å²) in [6.45, 7) is 5.03. The molecule has 0 unspecified atom stereocenters. The Morgan fingerprint density at radius 2 is 2.03 bits per heavy atom. The Labute approximate surface area is 182 Å². The average molecular weight is 443 g/mol. The highest BCUT2D eigenvalue weighted by molar-refractivity contribution is 6.30. The van der Waals surface area contributed by atoms with E-state index in [1.165, 1.54) is 16.8 Å². The van der Waals surface area contributed by atoms with E-state index in [0.29, 0.717) is 24.4 Å². The van der Waals surface area contributed by atoms with Crippen molar-refractivity contribution in [2.75, 3.05) is 13.2 Å². The Balaban J connectivity index is 1.61. The quantitative estimate of drug-likeness (QED) is 0.673. The van der Waals surface area contributed by atoms with Crippen LogP contribution in [0.1, 0.15) is 34.6 Å². The minimum absolute atomic E-state index is 0.0401. The minimum atomic E-state index is -0.625. The second kappa shape index (κ2) is 7.10. The number of nitrogens with one attached hydrogen (secondary N) is 1. The van der Waals surface area contributed by atoms with Gasteiger partial charge in [0, 0.05) is 22.2 Å². The third-order valence-corrected chi connectivity index (χ3v) is 6.40. The highest BCUT2D eigenvalue weighted by Gasteiger charge is 2.50. The van der Waals surface area contributed by atoms with Crippen molar-refractivity contribution in [3.8, 4) is 5.69 Å². The van der Waals surface area contributed by atoms with Crippen LogP contribution in [0.15, 0.2) is 29.1 Å². The second-order valence-electron chi connectivity index (χ2n) is 8.52. The van der Waals surface area contributed by atoms with Crippen LogP contribution >= 0.6 is 11.6 Å². The molecule has 160 valence electrons. The largest absolute Gasteiger partial charge is 0.380 e. The van der Waals surface area contributed by atoms with Gasteiger partial charge in [0.2, 0.25) is 5.43 Å². The van der Waals surface area contributed by atoms with Crippen molar-refractivity contribution in [1.29, 1.82) is 0 Å². The van der Waals surface area contributed by atoms with E-state index < -0.39 is 17.2 Å². The van der Waals surface area contributed by atoms with E-state index >= 15 is 0 Å². The highest BCUT2D eigenvalue weighted by Crippen LogP contribution is 2.46. The number of ether oxygens (including phenoxy) is 1. The van der Waals surface area contributed by atoms with Gasteiger partial charge in [0.15, 0.2) is 5.69 Å². The van der Waals surface area contributed by atoms with Crippen LogP contribution < -0.4 is 10.7 Å². The first kappa shape index (κ1) is 20.1. The number of fused-ring (bicyclic) bond motifs is 1. The summed E-state index contributed by atoms with van der Waals surface area (Å²) in [4.78, 5) is 30.4. The number of amides is 1. The number of pyridine rings is 1. The number of aromatic nitrogens is 3. The molecule has 31 heavy (non-hydrogen) atoms. The Bertz CT molecular complexity index is 1290. The molecule has 2 fully saturated rings. The smallest absolute Gasteiger partial charge is 0.276 e. The maximum atomic E-state index is 14.7. The lowest BCUT2D eigenvalue weighted by molar-refractivity contribution is -0.165. The number of hydrogen-bond acceptors (Lipinski definition) is 5. The van der Waals surface area contributed by atoms with E-state index in [4.69, 9.17) is 16.3 Å². The van der Waals surface area contributed by atoms with E-state index in [1.807, 2.05) is 6.92 Å². The fraction of sp³-hybridized carbons (Fsp3) is 0.364. The molecule has 3 aromatic rings. The monoisotopic (exact) mass is 442 g/mol. The molecule has 0 radical (unpaired) electrons. The number of aryl methyl sites for hydroxylation is 2. The molecule has 1 saturated heterocycles. The van der Waals surface area contributed by atoms with E-state index in [2.05, 4.69) is 15.4 Å². The van der Waals surface area contributed by atoms with E-state index in [0.717, 1.165) is 24.5 Å². The Morgan fingerprint density at radius 3 is 2.68 bits per heavy atom. The normalized spacial score (nSPS) is 17.4. The van der Waals surface area contributed by atoms with Gasteiger partial charge in [-0.05, 0) is 56.5 Å². The van der Waals surface area contributed by atoms with Crippen LogP contribution in [-0.2, 0) is 4.74 Å². The van der Waals surface area contributed by atoms with Crippen molar-refractivity contribution < 1.29 is 13.9 Å². The molecule has 7 nitrogen and oxygen atoms in total. The van der Waals surface area contributed by atoms with Gasteiger partial charge in [-0.2, -0.15) is 5.10 Å². The lowest BCUT2D eigenvalue weighted by Gasteiger charge is -2.53. The lowest BCUT2D eigenvalue weighted by Crippen LogP contribution is -2.59. The molecule has 1 spiro atoms. The summed E-state index contributed by atoms with van der Waals surface area (Å²) in [6.07, 6.45) is 1.62. The van der Waals surface area contributed by atoms with Crippen LogP contribution in [-0.4, -0.2) is 39.9 Å². The van der Waals surface area contributed by atoms with Gasteiger partial charge in [-0.3, -0.25) is 9.59 Å². The zero-order chi connectivity index (χ0) is 21.9. The van der Waals surface area contributed by atoms with Gasteiger partial charge in [0.25, 0.3) is 5.91 Å². The molecular formula is C22H20ClFN4O3. The lowest BCUT2D eigenvalue weighted by atomic mass is 9.64. The van der Waals surface area contributed by atoms with Gasteiger partial charge in [-0.1, -0.05) is 11.6 Å². The average Bonchev–Trinajstić information content (AvgIpc) is 2.65. The molecule has 1 N–H and O–H groups in total. The van der Waals surface area contributed by atoms with Gasteiger partial charge in [0.05, 0.1) is 18.7 Å². The molecule has 2 aliphatic rings. The van der Waals surface area contributed by atoms with Crippen molar-refractivity contribution in [3.63, 3.8) is 0 Å². The number of rotatable bonds is 3. The first-order chi connectivity index (χ1) is 14.8. The predicted octanol–water partition coefficient (Wildman–Crippen LogP) is 3.10. The van der Waals surface area contributed by atoms with Gasteiger partial charge in [-0.25, -0.2) is 14.1 Å². The summed E-state index contributed by atoms with van der Waals surface area (Å²) in [5, 5.41) is 7.37. The topological polar surface area (TPSA) is 86.1 Å². The molecule has 0 atom stereocenters. The fourth-order valence-electron chi connectivity index (χ4n) is 4.28. The zero-order valence-electron chi connectivity index (χ0n) is 17.0. The van der Waals surface area contributed by atoms with Crippen molar-refractivity contribution in [2.45, 2.75) is 32.7 Å². The van der Waals surface area contributed by atoms with Crippen LogP contribution in [0.4, 0.5) is 4.39 Å². The number of hydrogen-bond donors (Lipinski definition) is 1. The number of benzene rings is 1. The molecule has 2 aromatic heterocycles. The zero-order valence-corrected chi connectivity index (χ0v) is 17.8. The molecule has 3 heterocycles. The van der Waals surface area contributed by atoms with E-state index in [9.17, 15) is 14.0 Å². The van der Waals surface area contributed by atoms with Gasteiger partial charge in [-0.15, -0.1) is 0 Å². The van der Waals surface area contributed by atoms with Gasteiger partial charge in [0.1, 0.15) is 17.0 Å². The van der Waals surface area contributed by atoms with Crippen molar-refractivity contribution in [3.05, 3.63) is 62.3 Å². The van der Waals surface area contributed by atoms with Crippen LogP contribution in [0.25, 0.3) is 16.7 Å². The first-order valence-corrected chi connectivity index (χ1v) is 10.4. The maximum absolute atomic E-state index is 14.7. The summed E-state index contributed by atoms with van der Waals surface area (Å²) < 4.78 is 21.2. The van der Waals surface area contributed by atoms with Crippen molar-refractivity contribution >= 4 is 28.5 Å². The number of carbonyl (C=O) groups is 1. The maximum Gasteiger partial charge on any atom is 0.276 e. The third kappa shape index (κ3) is 3.30. The molecule has 1 aliphatic carbocycles. The number of carbonyl (C=O) groups excluding carboxylic acids is 1. The third-order valence-electron chi connectivity index (χ3n) is 6.17. The van der Waals surface area contributed by atoms with Crippen molar-refractivity contribution in [2.24, 2.45) is 5.41 Å². The summed E-state index contributed by atoms with van der Waals surface area (Å²) in [5.74, 6) is -1.21. The van der Waals surface area contributed by atoms with E-state index in [1.54, 1.807) is 13.0 Å². The van der Waals surface area contributed by atoms with Crippen LogP contribution in [0.3, 0.4) is 0 Å². The fourth-order valence-corrected chi connectivity index (χ4v) is 4.44. The second-order valence-corrected chi connectivity index (χ2v) is 8.95. The van der Waals surface area contributed by atoms with Crippen LogP contribution in [0.2, 0.25) is 5.02 Å².